The van der Waals surface area contributed by atoms with Gasteiger partial charge in [0.1, 0.15) is 38.2 Å². The Bertz CT molecular complexity index is 898. The molecule has 1 aliphatic rings. The van der Waals surface area contributed by atoms with E-state index in [0.29, 0.717) is 13.2 Å². The summed E-state index contributed by atoms with van der Waals surface area (Å²) < 4.78 is 17.4. The van der Waals surface area contributed by atoms with Gasteiger partial charge in [-0.05, 0) is 35.0 Å². The number of hydrogen-bond acceptors (Lipinski definition) is 4. The molecule has 0 aliphatic carbocycles. The predicted molar refractivity (Wildman–Crippen MR) is 103 cm³/mol. The topological polar surface area (TPSA) is 64.5 Å². The molecule has 140 valence electrons. The number of benzene rings is 3. The van der Waals surface area contributed by atoms with Crippen molar-refractivity contribution >= 4 is 10.8 Å². The number of rotatable bonds is 7. The van der Waals surface area contributed by atoms with E-state index >= 15 is 0 Å². The van der Waals surface area contributed by atoms with Crippen molar-refractivity contribution in [2.24, 2.45) is 0 Å². The van der Waals surface area contributed by atoms with Gasteiger partial charge in [0.15, 0.2) is 17.6 Å². The van der Waals surface area contributed by atoms with E-state index < -0.39 is 6.10 Å². The minimum atomic E-state index is -0.548. The van der Waals surface area contributed by atoms with Gasteiger partial charge >= 0.3 is 0 Å². The molecule has 0 aromatic heterocycles. The number of nitrogens with two attached hydrogens (primary N) is 1. The highest BCUT2D eigenvalue weighted by molar-refractivity contribution is 5.83. The number of aliphatic hydroxyl groups excluding tert-OH is 1. The zero-order valence-electron chi connectivity index (χ0n) is 15.1. The minimum Gasteiger partial charge on any atom is -0.491 e. The van der Waals surface area contributed by atoms with Gasteiger partial charge in [0.25, 0.3) is 0 Å². The molecule has 5 nitrogen and oxygen atoms in total. The standard InChI is InChI=1S/C22H23NO4/c24-18(14-25-19-10-9-16-5-1-2-6-17(16)11-19)12-23-13-20-15-26-21-7-3-4-8-22(21)27-20/h1-11,18,20,23-24H,12-15H2/p+1/t18-,20+/m0/s1. The molecule has 0 radical (unpaired) electrons. The molecule has 3 aromatic rings. The van der Waals surface area contributed by atoms with Gasteiger partial charge in [-0.25, -0.2) is 0 Å². The van der Waals surface area contributed by atoms with Crippen molar-refractivity contribution in [2.75, 3.05) is 26.3 Å². The molecule has 3 aromatic carbocycles. The Morgan fingerprint density at radius 2 is 1.78 bits per heavy atom. The minimum absolute atomic E-state index is 0.0199. The highest BCUT2D eigenvalue weighted by Gasteiger charge is 2.22. The van der Waals surface area contributed by atoms with E-state index in [0.717, 1.165) is 29.2 Å². The van der Waals surface area contributed by atoms with E-state index in [1.165, 1.54) is 5.39 Å². The van der Waals surface area contributed by atoms with Crippen LogP contribution >= 0.6 is 0 Å². The summed E-state index contributed by atoms with van der Waals surface area (Å²) in [6.07, 6.45) is -0.568. The van der Waals surface area contributed by atoms with Crippen LogP contribution in [0.5, 0.6) is 17.2 Å². The maximum atomic E-state index is 10.2. The molecule has 3 N–H and O–H groups in total. The van der Waals surface area contributed by atoms with Crippen LogP contribution in [0.15, 0.2) is 66.7 Å². The molecule has 0 spiro atoms. The normalized spacial score (nSPS) is 16.9. The first-order valence-corrected chi connectivity index (χ1v) is 9.28. The first kappa shape index (κ1) is 17.6. The molecule has 2 atom stereocenters. The average molecular weight is 366 g/mol. The van der Waals surface area contributed by atoms with Crippen LogP contribution in [0.2, 0.25) is 0 Å². The highest BCUT2D eigenvalue weighted by atomic mass is 16.6. The zero-order valence-corrected chi connectivity index (χ0v) is 15.1. The molecule has 0 amide bonds. The number of aliphatic hydroxyl groups is 1. The fraction of sp³-hybridized carbons (Fsp3) is 0.273. The highest BCUT2D eigenvalue weighted by Crippen LogP contribution is 2.30. The third-order valence-corrected chi connectivity index (χ3v) is 4.60. The molecule has 0 unspecified atom stereocenters. The van der Waals surface area contributed by atoms with Crippen LogP contribution in [-0.4, -0.2) is 43.6 Å². The zero-order chi connectivity index (χ0) is 18.5. The Labute approximate surface area is 158 Å². The Hall–Kier alpha value is -2.76. The van der Waals surface area contributed by atoms with Gasteiger partial charge in [-0.3, -0.25) is 0 Å². The van der Waals surface area contributed by atoms with Gasteiger partial charge in [0, 0.05) is 0 Å². The summed E-state index contributed by atoms with van der Waals surface area (Å²) in [7, 11) is 0. The Kier molecular flexibility index (Phi) is 5.42. The number of fused-ring (bicyclic) bond motifs is 2. The smallest absolute Gasteiger partial charge is 0.181 e. The van der Waals surface area contributed by atoms with Gasteiger partial charge < -0.3 is 24.6 Å². The average Bonchev–Trinajstić information content (AvgIpc) is 2.72. The second kappa shape index (κ2) is 8.29. The Morgan fingerprint density at radius 3 is 2.67 bits per heavy atom. The summed E-state index contributed by atoms with van der Waals surface area (Å²) in [5, 5.41) is 14.5. The molecular formula is C22H24NO4+. The molecule has 4 rings (SSSR count). The molecule has 0 bridgehead atoms. The summed E-state index contributed by atoms with van der Waals surface area (Å²) >= 11 is 0. The van der Waals surface area contributed by atoms with Crippen molar-refractivity contribution in [1.82, 2.24) is 0 Å². The lowest BCUT2D eigenvalue weighted by Gasteiger charge is -2.25. The summed E-state index contributed by atoms with van der Waals surface area (Å²) in [6, 6.07) is 21.8. The lowest BCUT2D eigenvalue weighted by atomic mass is 10.1. The Balaban J connectivity index is 1.20. The molecule has 0 fully saturated rings. The largest absolute Gasteiger partial charge is 0.491 e. The molecule has 1 heterocycles. The predicted octanol–water partition coefficient (Wildman–Crippen LogP) is 1.98. The van der Waals surface area contributed by atoms with E-state index in [1.807, 2.05) is 59.9 Å². The summed E-state index contributed by atoms with van der Waals surface area (Å²) in [4.78, 5) is 0. The maximum absolute atomic E-state index is 10.2. The third-order valence-electron chi connectivity index (χ3n) is 4.60. The molecule has 0 saturated heterocycles. The fourth-order valence-electron chi connectivity index (χ4n) is 3.17. The quantitative estimate of drug-likeness (QED) is 0.671. The number of para-hydroxylation sites is 2. The van der Waals surface area contributed by atoms with Crippen molar-refractivity contribution < 1.29 is 24.6 Å². The van der Waals surface area contributed by atoms with Crippen LogP contribution in [0.25, 0.3) is 10.8 Å². The van der Waals surface area contributed by atoms with Crippen LogP contribution in [0.4, 0.5) is 0 Å². The first-order valence-electron chi connectivity index (χ1n) is 9.28. The van der Waals surface area contributed by atoms with Crippen molar-refractivity contribution in [1.29, 1.82) is 0 Å². The fourth-order valence-corrected chi connectivity index (χ4v) is 3.17. The van der Waals surface area contributed by atoms with E-state index in [1.54, 1.807) is 0 Å². The summed E-state index contributed by atoms with van der Waals surface area (Å²) in [5.41, 5.74) is 0. The van der Waals surface area contributed by atoms with E-state index in [4.69, 9.17) is 14.2 Å². The molecule has 0 saturated carbocycles. The van der Waals surface area contributed by atoms with Gasteiger partial charge in [-0.1, -0.05) is 42.5 Å². The van der Waals surface area contributed by atoms with Crippen molar-refractivity contribution in [3.8, 4) is 17.2 Å². The number of hydrogen-bond donors (Lipinski definition) is 2. The van der Waals surface area contributed by atoms with Crippen LogP contribution in [0, 0.1) is 0 Å². The number of quaternary nitrogens is 1. The van der Waals surface area contributed by atoms with Crippen molar-refractivity contribution in [3.05, 3.63) is 66.7 Å². The van der Waals surface area contributed by atoms with Gasteiger partial charge in [-0.15, -0.1) is 0 Å². The van der Waals surface area contributed by atoms with Crippen LogP contribution in [0.1, 0.15) is 0 Å². The Morgan fingerprint density at radius 1 is 1.00 bits per heavy atom. The monoisotopic (exact) mass is 366 g/mol. The van der Waals surface area contributed by atoms with E-state index in [9.17, 15) is 5.11 Å². The van der Waals surface area contributed by atoms with Crippen molar-refractivity contribution in [2.45, 2.75) is 12.2 Å². The first-order chi connectivity index (χ1) is 13.3. The summed E-state index contributed by atoms with van der Waals surface area (Å²) in [6.45, 7) is 2.06. The van der Waals surface area contributed by atoms with Crippen LogP contribution in [0.3, 0.4) is 0 Å². The number of ether oxygens (including phenoxy) is 3. The molecule has 1 aliphatic heterocycles. The van der Waals surface area contributed by atoms with Crippen LogP contribution < -0.4 is 19.5 Å². The second-order valence-corrected chi connectivity index (χ2v) is 6.73. The van der Waals surface area contributed by atoms with E-state index in [-0.39, 0.29) is 12.7 Å². The molecule has 27 heavy (non-hydrogen) atoms. The molecular weight excluding hydrogens is 342 g/mol. The van der Waals surface area contributed by atoms with E-state index in [2.05, 4.69) is 12.1 Å². The van der Waals surface area contributed by atoms with Crippen LogP contribution in [-0.2, 0) is 0 Å². The lowest BCUT2D eigenvalue weighted by Crippen LogP contribution is -2.89. The lowest BCUT2D eigenvalue weighted by molar-refractivity contribution is -0.666. The third kappa shape index (κ3) is 4.51. The van der Waals surface area contributed by atoms with Gasteiger partial charge in [-0.2, -0.15) is 0 Å². The molecule has 5 heteroatoms. The second-order valence-electron chi connectivity index (χ2n) is 6.73. The maximum Gasteiger partial charge on any atom is 0.181 e. The summed E-state index contributed by atoms with van der Waals surface area (Å²) in [5.74, 6) is 2.34. The van der Waals surface area contributed by atoms with Gasteiger partial charge in [0.2, 0.25) is 0 Å². The van der Waals surface area contributed by atoms with Gasteiger partial charge in [0.05, 0.1) is 0 Å². The SMILES string of the molecule is O[C@@H](C[NH2+]C[C@@H]1COc2ccccc2O1)COc1ccc2ccccc2c1. The van der Waals surface area contributed by atoms with Crippen molar-refractivity contribution in [3.63, 3.8) is 0 Å².